The van der Waals surface area contributed by atoms with Crippen molar-refractivity contribution in [3.8, 4) is 11.8 Å². The minimum absolute atomic E-state index is 0.711. The number of carbonyl (C=O) groups is 2. The van der Waals surface area contributed by atoms with Gasteiger partial charge in [-0.3, -0.25) is 0 Å². The maximum absolute atomic E-state index is 11.6. The molecule has 0 bridgehead atoms. The van der Waals surface area contributed by atoms with E-state index < -0.39 is 18.8 Å². The quantitative estimate of drug-likeness (QED) is 0.607. The molecule has 0 aromatic rings. The van der Waals surface area contributed by atoms with Gasteiger partial charge in [0, 0.05) is 0 Å². The Bertz CT molecular complexity index is 337. The summed E-state index contributed by atoms with van der Waals surface area (Å²) in [7, 11) is 0. The molecule has 5 heteroatoms. The standard InChI is InChI=1S/C12H21O4P/c1-5-17(6-2,7-3,8-4)16-12(15)10-9-11(13)14/h5-8H2,1-4H3,(H,13,14). The van der Waals surface area contributed by atoms with Gasteiger partial charge in [0.25, 0.3) is 0 Å². The monoisotopic (exact) mass is 260 g/mol. The second-order valence-electron chi connectivity index (χ2n) is 4.06. The Morgan fingerprint density at radius 1 is 1.00 bits per heavy atom. The Morgan fingerprint density at radius 3 is 1.71 bits per heavy atom. The number of rotatable bonds is 5. The summed E-state index contributed by atoms with van der Waals surface area (Å²) >= 11 is 0. The summed E-state index contributed by atoms with van der Waals surface area (Å²) in [5.41, 5.74) is 0. The molecule has 0 heterocycles. The molecule has 0 aliphatic heterocycles. The molecule has 0 aromatic carbocycles. The molecule has 0 fully saturated rings. The van der Waals surface area contributed by atoms with Crippen LogP contribution in [-0.4, -0.2) is 41.7 Å². The molecular weight excluding hydrogens is 239 g/mol. The number of aliphatic carboxylic acids is 1. The first-order valence-corrected chi connectivity index (χ1v) is 8.76. The summed E-state index contributed by atoms with van der Waals surface area (Å²) in [6, 6.07) is 0. The molecule has 1 N–H and O–H groups in total. The van der Waals surface area contributed by atoms with Crippen LogP contribution in [0.4, 0.5) is 0 Å². The van der Waals surface area contributed by atoms with Crippen molar-refractivity contribution >= 4 is 18.8 Å². The minimum atomic E-state index is -2.50. The van der Waals surface area contributed by atoms with Gasteiger partial charge in [0.15, 0.2) is 0 Å². The number of carboxylic acid groups (broad SMARTS) is 1. The fourth-order valence-corrected chi connectivity index (χ4v) is 5.68. The number of carboxylic acids is 1. The first kappa shape index (κ1) is 15.9. The van der Waals surface area contributed by atoms with Crippen molar-refractivity contribution in [3.05, 3.63) is 0 Å². The van der Waals surface area contributed by atoms with E-state index in [4.69, 9.17) is 9.63 Å². The summed E-state index contributed by atoms with van der Waals surface area (Å²) in [6.07, 6.45) is 3.26. The molecule has 4 nitrogen and oxygen atoms in total. The second kappa shape index (κ2) is 6.02. The second-order valence-corrected chi connectivity index (χ2v) is 10.5. The van der Waals surface area contributed by atoms with Crippen molar-refractivity contribution in [3.63, 3.8) is 0 Å². The fourth-order valence-electron chi connectivity index (χ4n) is 1.96. The van der Waals surface area contributed by atoms with Crippen molar-refractivity contribution in [2.75, 3.05) is 24.6 Å². The van der Waals surface area contributed by atoms with Crippen LogP contribution in [0.15, 0.2) is 0 Å². The van der Waals surface area contributed by atoms with E-state index >= 15 is 0 Å². The van der Waals surface area contributed by atoms with E-state index in [-0.39, 0.29) is 0 Å². The SMILES string of the molecule is CCP(CC)(CC)(CC)OC(=O)C#CC(=O)O. The van der Waals surface area contributed by atoms with Gasteiger partial charge in [-0.05, 0) is 0 Å². The van der Waals surface area contributed by atoms with Gasteiger partial charge in [-0.25, -0.2) is 0 Å². The Labute approximate surface area is 103 Å². The molecule has 0 radical (unpaired) electrons. The Balaban J connectivity index is 5.10. The van der Waals surface area contributed by atoms with Crippen molar-refractivity contribution in [1.82, 2.24) is 0 Å². The molecule has 0 unspecified atom stereocenters. The van der Waals surface area contributed by atoms with Gasteiger partial charge in [-0.15, -0.1) is 0 Å². The van der Waals surface area contributed by atoms with Gasteiger partial charge in [0.2, 0.25) is 0 Å². The van der Waals surface area contributed by atoms with Crippen molar-refractivity contribution < 1.29 is 19.2 Å². The normalized spacial score (nSPS) is 12.8. The Kier molecular flexibility index (Phi) is 5.64. The van der Waals surface area contributed by atoms with Crippen LogP contribution in [0.1, 0.15) is 27.7 Å². The summed E-state index contributed by atoms with van der Waals surface area (Å²) in [5, 5.41) is 8.38. The van der Waals surface area contributed by atoms with E-state index in [1.54, 1.807) is 5.92 Å². The van der Waals surface area contributed by atoms with Crippen LogP contribution in [0, 0.1) is 11.8 Å². The summed E-state index contributed by atoms with van der Waals surface area (Å²) in [5.74, 6) is 1.79. The molecule has 0 rings (SSSR count). The van der Waals surface area contributed by atoms with Crippen LogP contribution in [0.5, 0.6) is 0 Å². The van der Waals surface area contributed by atoms with E-state index in [9.17, 15) is 9.59 Å². The zero-order valence-corrected chi connectivity index (χ0v) is 11.8. The van der Waals surface area contributed by atoms with E-state index in [0.29, 0.717) is 0 Å². The van der Waals surface area contributed by atoms with E-state index in [0.717, 1.165) is 24.6 Å². The number of carbonyl (C=O) groups excluding carboxylic acids is 1. The van der Waals surface area contributed by atoms with Crippen molar-refractivity contribution in [2.45, 2.75) is 27.7 Å². The third-order valence-corrected chi connectivity index (χ3v) is 10.9. The number of hydrogen-bond donors (Lipinski definition) is 1. The molecule has 0 aromatic heterocycles. The Morgan fingerprint density at radius 2 is 1.41 bits per heavy atom. The van der Waals surface area contributed by atoms with Crippen molar-refractivity contribution in [1.29, 1.82) is 0 Å². The van der Waals surface area contributed by atoms with Crippen LogP contribution in [-0.2, 0) is 14.1 Å². The third kappa shape index (κ3) is 3.71. The molecule has 0 spiro atoms. The van der Waals surface area contributed by atoms with E-state index in [2.05, 4.69) is 0 Å². The van der Waals surface area contributed by atoms with Crippen molar-refractivity contribution in [2.24, 2.45) is 0 Å². The van der Waals surface area contributed by atoms with Crippen LogP contribution in [0.3, 0.4) is 0 Å². The molecule has 0 saturated heterocycles. The average Bonchev–Trinajstić information content (AvgIpc) is 2.34. The van der Waals surface area contributed by atoms with Crippen LogP contribution >= 0.6 is 6.83 Å². The first-order chi connectivity index (χ1) is 7.87. The van der Waals surface area contributed by atoms with Gasteiger partial charge in [0.1, 0.15) is 0 Å². The maximum atomic E-state index is 11.6. The molecule has 0 saturated carbocycles. The summed E-state index contributed by atoms with van der Waals surface area (Å²) < 4.78 is 5.63. The van der Waals surface area contributed by atoms with Gasteiger partial charge in [-0.1, -0.05) is 0 Å². The molecular formula is C12H21O4P. The number of hydrogen-bond acceptors (Lipinski definition) is 3. The summed E-state index contributed by atoms with van der Waals surface area (Å²) in [4.78, 5) is 21.8. The average molecular weight is 260 g/mol. The first-order valence-electron chi connectivity index (χ1n) is 5.86. The molecule has 0 atom stereocenters. The van der Waals surface area contributed by atoms with Gasteiger partial charge < -0.3 is 0 Å². The molecule has 0 amide bonds. The fraction of sp³-hybridized carbons (Fsp3) is 0.667. The van der Waals surface area contributed by atoms with E-state index in [1.165, 1.54) is 0 Å². The van der Waals surface area contributed by atoms with Crippen LogP contribution < -0.4 is 0 Å². The molecule has 17 heavy (non-hydrogen) atoms. The Hall–Kier alpha value is -1.07. The zero-order chi connectivity index (χ0) is 13.6. The zero-order valence-electron chi connectivity index (χ0n) is 10.9. The molecule has 0 aliphatic rings. The predicted octanol–water partition coefficient (Wildman–Crippen LogP) is 2.17. The van der Waals surface area contributed by atoms with Crippen LogP contribution in [0.25, 0.3) is 0 Å². The van der Waals surface area contributed by atoms with Gasteiger partial charge in [0.05, 0.1) is 0 Å². The topological polar surface area (TPSA) is 63.6 Å². The van der Waals surface area contributed by atoms with Gasteiger partial charge in [-0.2, -0.15) is 0 Å². The van der Waals surface area contributed by atoms with E-state index in [1.807, 2.05) is 33.6 Å². The predicted molar refractivity (Wildman–Crippen MR) is 70.6 cm³/mol. The third-order valence-electron chi connectivity index (χ3n) is 3.81. The van der Waals surface area contributed by atoms with Crippen LogP contribution in [0.2, 0.25) is 0 Å². The molecule has 0 aliphatic carbocycles. The van der Waals surface area contributed by atoms with Gasteiger partial charge >= 0.3 is 102 Å². The summed E-state index contributed by atoms with van der Waals surface area (Å²) in [6.45, 7) is 5.58. The molecule has 98 valence electrons.